The summed E-state index contributed by atoms with van der Waals surface area (Å²) in [6.07, 6.45) is 0.927. The van der Waals surface area contributed by atoms with Gasteiger partial charge in [-0.2, -0.15) is 0 Å². The monoisotopic (exact) mass is 549 g/mol. The first-order valence-electron chi connectivity index (χ1n) is 10.5. The first-order chi connectivity index (χ1) is 13.8. The number of halogens is 2. The zero-order valence-electron chi connectivity index (χ0n) is 18.7. The molecule has 1 aliphatic rings. The molecule has 2 N–H and O–H groups in total. The second kappa shape index (κ2) is 13.4. The van der Waals surface area contributed by atoms with Crippen molar-refractivity contribution in [1.82, 2.24) is 20.4 Å². The van der Waals surface area contributed by atoms with E-state index in [-0.39, 0.29) is 35.3 Å². The molecule has 1 aromatic carbocycles. The second-order valence-corrected chi connectivity index (χ2v) is 8.88. The Kier molecular flexibility index (Phi) is 12.0. The number of aliphatic imine (C=N–C) groups is 1. The van der Waals surface area contributed by atoms with E-state index in [2.05, 4.69) is 42.4 Å². The molecular weight excluding hydrogens is 513 g/mol. The number of hydrogen-bond donors (Lipinski definition) is 2. The number of nitrogens with zero attached hydrogens (tertiary/aromatic N) is 3. The fourth-order valence-electron chi connectivity index (χ4n) is 3.51. The lowest BCUT2D eigenvalue weighted by molar-refractivity contribution is -0.130. The van der Waals surface area contributed by atoms with Crippen molar-refractivity contribution in [1.29, 1.82) is 0 Å². The Morgan fingerprint density at radius 3 is 2.50 bits per heavy atom. The third kappa shape index (κ3) is 9.83. The number of hydrogen-bond acceptors (Lipinski definition) is 3. The van der Waals surface area contributed by atoms with Crippen molar-refractivity contribution in [2.45, 2.75) is 34.1 Å². The number of carbonyl (C=O) groups excluding carboxylic acids is 1. The predicted molar refractivity (Wildman–Crippen MR) is 137 cm³/mol. The fraction of sp³-hybridized carbons (Fsp3) is 0.636. The van der Waals surface area contributed by atoms with Crippen LogP contribution in [0.1, 0.15) is 33.3 Å². The van der Waals surface area contributed by atoms with Crippen LogP contribution in [0.4, 0.5) is 0 Å². The highest BCUT2D eigenvalue weighted by molar-refractivity contribution is 14.0. The summed E-state index contributed by atoms with van der Waals surface area (Å²) in [7, 11) is 0. The average molecular weight is 550 g/mol. The van der Waals surface area contributed by atoms with Crippen LogP contribution in [0.2, 0.25) is 5.02 Å². The Bertz CT molecular complexity index is 690. The van der Waals surface area contributed by atoms with Gasteiger partial charge in [-0.1, -0.05) is 37.6 Å². The van der Waals surface area contributed by atoms with E-state index in [4.69, 9.17) is 16.6 Å². The molecule has 1 saturated heterocycles. The molecule has 0 radical (unpaired) electrons. The molecule has 2 rings (SSSR count). The predicted octanol–water partition coefficient (Wildman–Crippen LogP) is 3.25. The summed E-state index contributed by atoms with van der Waals surface area (Å²) in [6.45, 7) is 15.0. The van der Waals surface area contributed by atoms with Gasteiger partial charge in [-0.15, -0.1) is 24.0 Å². The van der Waals surface area contributed by atoms with E-state index in [0.29, 0.717) is 0 Å². The molecule has 1 aliphatic heterocycles. The lowest BCUT2D eigenvalue weighted by Crippen LogP contribution is -2.50. The summed E-state index contributed by atoms with van der Waals surface area (Å²) in [4.78, 5) is 20.5. The van der Waals surface area contributed by atoms with Crippen molar-refractivity contribution in [2.75, 3.05) is 52.4 Å². The minimum atomic E-state index is 0. The van der Waals surface area contributed by atoms with E-state index in [1.807, 2.05) is 23.1 Å². The van der Waals surface area contributed by atoms with E-state index in [1.54, 1.807) is 6.92 Å². The Hall–Kier alpha value is -1.06. The van der Waals surface area contributed by atoms with Crippen molar-refractivity contribution < 1.29 is 4.79 Å². The molecule has 1 aromatic rings. The Morgan fingerprint density at radius 1 is 1.20 bits per heavy atom. The first kappa shape index (κ1) is 27.0. The van der Waals surface area contributed by atoms with Gasteiger partial charge in [0.15, 0.2) is 5.96 Å². The first-order valence-corrected chi connectivity index (χ1v) is 10.9. The number of carbonyl (C=O) groups is 1. The minimum absolute atomic E-state index is 0. The van der Waals surface area contributed by atoms with E-state index in [1.165, 1.54) is 5.56 Å². The van der Waals surface area contributed by atoms with Crippen molar-refractivity contribution in [3.63, 3.8) is 0 Å². The van der Waals surface area contributed by atoms with Gasteiger partial charge >= 0.3 is 0 Å². The van der Waals surface area contributed by atoms with Gasteiger partial charge in [-0.3, -0.25) is 14.7 Å². The van der Waals surface area contributed by atoms with E-state index in [9.17, 15) is 4.79 Å². The van der Waals surface area contributed by atoms with Crippen LogP contribution in [-0.2, 0) is 11.2 Å². The molecule has 1 heterocycles. The summed E-state index contributed by atoms with van der Waals surface area (Å²) in [5, 5.41) is 7.56. The van der Waals surface area contributed by atoms with Crippen LogP contribution in [0, 0.1) is 5.41 Å². The lowest BCUT2D eigenvalue weighted by atomic mass is 9.86. The Balaban J connectivity index is 0.00000450. The minimum Gasteiger partial charge on any atom is -0.357 e. The highest BCUT2D eigenvalue weighted by Gasteiger charge is 2.20. The van der Waals surface area contributed by atoms with Crippen LogP contribution in [0.25, 0.3) is 0 Å². The maximum absolute atomic E-state index is 11.4. The molecule has 0 saturated carbocycles. The van der Waals surface area contributed by atoms with Crippen LogP contribution in [0.15, 0.2) is 29.3 Å². The Morgan fingerprint density at radius 2 is 1.90 bits per heavy atom. The number of guanidine groups is 1. The number of piperazine rings is 1. The van der Waals surface area contributed by atoms with Crippen LogP contribution in [0.5, 0.6) is 0 Å². The van der Waals surface area contributed by atoms with Gasteiger partial charge in [0.25, 0.3) is 0 Å². The maximum atomic E-state index is 11.4. The third-order valence-electron chi connectivity index (χ3n) is 5.12. The van der Waals surface area contributed by atoms with E-state index < -0.39 is 0 Å². The van der Waals surface area contributed by atoms with Gasteiger partial charge in [0, 0.05) is 64.3 Å². The van der Waals surface area contributed by atoms with E-state index >= 15 is 0 Å². The van der Waals surface area contributed by atoms with Crippen molar-refractivity contribution >= 4 is 47.4 Å². The zero-order chi connectivity index (χ0) is 21.3. The molecule has 170 valence electrons. The maximum Gasteiger partial charge on any atom is 0.219 e. The molecular formula is C22H37ClIN5O. The fourth-order valence-corrected chi connectivity index (χ4v) is 3.72. The molecule has 30 heavy (non-hydrogen) atoms. The van der Waals surface area contributed by atoms with Gasteiger partial charge < -0.3 is 15.5 Å². The molecule has 0 spiro atoms. The number of benzene rings is 1. The molecule has 0 bridgehead atoms. The second-order valence-electron chi connectivity index (χ2n) is 8.44. The summed E-state index contributed by atoms with van der Waals surface area (Å²) >= 11 is 6.12. The lowest BCUT2D eigenvalue weighted by Gasteiger charge is -2.34. The van der Waals surface area contributed by atoms with Crippen LogP contribution >= 0.6 is 35.6 Å². The quantitative estimate of drug-likeness (QED) is 0.297. The van der Waals surface area contributed by atoms with Crippen molar-refractivity contribution in [3.05, 3.63) is 34.9 Å². The molecule has 8 heteroatoms. The number of amides is 1. The molecule has 0 unspecified atom stereocenters. The van der Waals surface area contributed by atoms with Crippen LogP contribution < -0.4 is 10.6 Å². The van der Waals surface area contributed by atoms with Gasteiger partial charge in [0.2, 0.25) is 5.91 Å². The molecule has 1 fully saturated rings. The topological polar surface area (TPSA) is 60.0 Å². The van der Waals surface area contributed by atoms with Crippen molar-refractivity contribution in [2.24, 2.45) is 10.4 Å². The van der Waals surface area contributed by atoms with Gasteiger partial charge in [0.05, 0.1) is 0 Å². The van der Waals surface area contributed by atoms with Crippen LogP contribution in [0.3, 0.4) is 0 Å². The summed E-state index contributed by atoms with van der Waals surface area (Å²) < 4.78 is 0. The number of rotatable bonds is 8. The van der Waals surface area contributed by atoms with Crippen LogP contribution in [-0.4, -0.2) is 74.0 Å². The van der Waals surface area contributed by atoms with Gasteiger partial charge in [-0.05, 0) is 36.5 Å². The third-order valence-corrected chi connectivity index (χ3v) is 5.35. The average Bonchev–Trinajstić information content (AvgIpc) is 2.66. The summed E-state index contributed by atoms with van der Waals surface area (Å²) in [5.74, 6) is 1.03. The van der Waals surface area contributed by atoms with Gasteiger partial charge in [0.1, 0.15) is 0 Å². The summed E-state index contributed by atoms with van der Waals surface area (Å²) in [5.41, 5.74) is 1.27. The highest BCUT2D eigenvalue weighted by Crippen LogP contribution is 2.23. The standard InChI is InChI=1S/C22H36ClN5O.HI/c1-5-24-21(25-9-10-27-11-13-28(14-12-27)18(2)29)26-17-22(3,4)16-19-7-6-8-20(23)15-19;/h6-8,15H,5,9-14,16-17H2,1-4H3,(H2,24,25,26);1H. The van der Waals surface area contributed by atoms with Crippen molar-refractivity contribution in [3.8, 4) is 0 Å². The zero-order valence-corrected chi connectivity index (χ0v) is 21.8. The molecule has 1 amide bonds. The molecule has 0 aromatic heterocycles. The Labute approximate surface area is 203 Å². The smallest absolute Gasteiger partial charge is 0.219 e. The summed E-state index contributed by atoms with van der Waals surface area (Å²) in [6, 6.07) is 8.05. The molecule has 6 nitrogen and oxygen atoms in total. The SMILES string of the molecule is CCNC(=NCC(C)(C)Cc1cccc(Cl)c1)NCCN1CCN(C(C)=O)CC1.I. The molecule has 0 atom stereocenters. The molecule has 0 aliphatic carbocycles. The normalized spacial score (nSPS) is 15.5. The largest absolute Gasteiger partial charge is 0.357 e. The van der Waals surface area contributed by atoms with E-state index in [0.717, 1.165) is 69.8 Å². The highest BCUT2D eigenvalue weighted by atomic mass is 127. The number of nitrogens with one attached hydrogen (secondary N) is 2. The van der Waals surface area contributed by atoms with Gasteiger partial charge in [-0.25, -0.2) is 0 Å².